The molecule has 0 amide bonds. The molecule has 25 heavy (non-hydrogen) atoms. The first-order valence-electron chi connectivity index (χ1n) is 7.70. The van der Waals surface area contributed by atoms with E-state index in [2.05, 4.69) is 9.38 Å². The standard InChI is InChI=1S/C20H16N2O2S/c23-25(24,20-13-7-8-16-21-20)22-19(18-11-5-2-6-12-18)15-14-17-9-3-1-4-10-17/h1-16H/b15-14+,22-19-. The van der Waals surface area contributed by atoms with Gasteiger partial charge in [0.15, 0.2) is 5.03 Å². The molecule has 0 N–H and O–H groups in total. The van der Waals surface area contributed by atoms with E-state index < -0.39 is 10.0 Å². The highest BCUT2D eigenvalue weighted by Gasteiger charge is 2.15. The Morgan fingerprint density at radius 3 is 2.12 bits per heavy atom. The van der Waals surface area contributed by atoms with Crippen molar-refractivity contribution in [1.82, 2.24) is 4.98 Å². The summed E-state index contributed by atoms with van der Waals surface area (Å²) in [6, 6.07) is 23.6. The summed E-state index contributed by atoms with van der Waals surface area (Å²) < 4.78 is 29.1. The molecule has 3 aromatic rings. The molecular formula is C20H16N2O2S. The summed E-state index contributed by atoms with van der Waals surface area (Å²) >= 11 is 0. The molecule has 0 saturated carbocycles. The summed E-state index contributed by atoms with van der Waals surface area (Å²) in [7, 11) is -3.89. The van der Waals surface area contributed by atoms with Gasteiger partial charge in [-0.15, -0.1) is 0 Å². The molecule has 0 saturated heterocycles. The van der Waals surface area contributed by atoms with Crippen molar-refractivity contribution >= 4 is 21.8 Å². The van der Waals surface area contributed by atoms with Crippen molar-refractivity contribution < 1.29 is 8.42 Å². The Bertz CT molecular complexity index is 982. The number of pyridine rings is 1. The average Bonchev–Trinajstić information content (AvgIpc) is 2.67. The van der Waals surface area contributed by atoms with E-state index in [1.807, 2.05) is 66.7 Å². The third-order valence-electron chi connectivity index (χ3n) is 3.42. The molecule has 3 rings (SSSR count). The van der Waals surface area contributed by atoms with Gasteiger partial charge < -0.3 is 0 Å². The van der Waals surface area contributed by atoms with Crippen LogP contribution in [0.15, 0.2) is 101 Å². The summed E-state index contributed by atoms with van der Waals surface area (Å²) in [4.78, 5) is 3.90. The van der Waals surface area contributed by atoms with Crippen LogP contribution in [0.2, 0.25) is 0 Å². The highest BCUT2D eigenvalue weighted by molar-refractivity contribution is 7.90. The molecule has 124 valence electrons. The number of benzene rings is 2. The molecule has 0 unspecified atom stereocenters. The molecule has 0 bridgehead atoms. The van der Waals surface area contributed by atoms with Gasteiger partial charge in [0.25, 0.3) is 10.0 Å². The van der Waals surface area contributed by atoms with E-state index in [-0.39, 0.29) is 5.03 Å². The van der Waals surface area contributed by atoms with Crippen molar-refractivity contribution in [3.63, 3.8) is 0 Å². The Labute approximate surface area is 147 Å². The van der Waals surface area contributed by atoms with Crippen LogP contribution in [0.25, 0.3) is 6.08 Å². The Morgan fingerprint density at radius 1 is 0.840 bits per heavy atom. The van der Waals surface area contributed by atoms with Gasteiger partial charge in [0.1, 0.15) is 0 Å². The fraction of sp³-hybridized carbons (Fsp3) is 0. The minimum atomic E-state index is -3.89. The lowest BCUT2D eigenvalue weighted by Crippen LogP contribution is -2.05. The van der Waals surface area contributed by atoms with Gasteiger partial charge in [0.2, 0.25) is 0 Å². The maximum absolute atomic E-state index is 12.5. The van der Waals surface area contributed by atoms with Gasteiger partial charge in [0.05, 0.1) is 5.71 Å². The fourth-order valence-corrected chi connectivity index (χ4v) is 3.17. The van der Waals surface area contributed by atoms with E-state index in [9.17, 15) is 8.42 Å². The van der Waals surface area contributed by atoms with E-state index in [4.69, 9.17) is 0 Å². The van der Waals surface area contributed by atoms with Gasteiger partial charge in [-0.25, -0.2) is 4.98 Å². The van der Waals surface area contributed by atoms with Crippen LogP contribution in [0, 0.1) is 0 Å². The molecule has 1 aromatic heterocycles. The average molecular weight is 348 g/mol. The number of nitrogens with zero attached hydrogens (tertiary/aromatic N) is 2. The smallest absolute Gasteiger partial charge is 0.243 e. The zero-order valence-corrected chi connectivity index (χ0v) is 14.2. The number of rotatable bonds is 5. The van der Waals surface area contributed by atoms with Crippen LogP contribution >= 0.6 is 0 Å². The highest BCUT2D eigenvalue weighted by Crippen LogP contribution is 2.13. The SMILES string of the molecule is O=S(=O)(/N=C(/C=C/c1ccccc1)c1ccccc1)c1ccccn1. The molecular weight excluding hydrogens is 332 g/mol. The predicted molar refractivity (Wildman–Crippen MR) is 99.9 cm³/mol. The summed E-state index contributed by atoms with van der Waals surface area (Å²) in [5.41, 5.74) is 2.03. The first-order chi connectivity index (χ1) is 12.1. The monoisotopic (exact) mass is 348 g/mol. The van der Waals surface area contributed by atoms with Gasteiger partial charge in [-0.3, -0.25) is 0 Å². The Kier molecular flexibility index (Phi) is 5.16. The maximum atomic E-state index is 12.5. The van der Waals surface area contributed by atoms with E-state index in [0.717, 1.165) is 5.56 Å². The Hall–Kier alpha value is -3.05. The molecule has 0 aliphatic rings. The number of sulfonamides is 1. The zero-order valence-electron chi connectivity index (χ0n) is 13.4. The molecule has 0 aliphatic heterocycles. The minimum Gasteiger partial charge on any atom is -0.243 e. The first kappa shape index (κ1) is 16.8. The quantitative estimate of drug-likeness (QED) is 0.656. The van der Waals surface area contributed by atoms with Crippen molar-refractivity contribution in [2.45, 2.75) is 5.03 Å². The third-order valence-corrected chi connectivity index (χ3v) is 4.63. The Morgan fingerprint density at radius 2 is 1.48 bits per heavy atom. The van der Waals surface area contributed by atoms with Crippen molar-refractivity contribution in [2.75, 3.05) is 0 Å². The summed E-state index contributed by atoms with van der Waals surface area (Å²) in [5, 5.41) is -0.0726. The number of allylic oxidation sites excluding steroid dienone is 1. The van der Waals surface area contributed by atoms with Crippen molar-refractivity contribution in [3.05, 3.63) is 102 Å². The molecule has 0 atom stereocenters. The van der Waals surface area contributed by atoms with E-state index in [1.165, 1.54) is 12.3 Å². The van der Waals surface area contributed by atoms with E-state index >= 15 is 0 Å². The Balaban J connectivity index is 2.04. The molecule has 5 heteroatoms. The molecule has 4 nitrogen and oxygen atoms in total. The second-order valence-corrected chi connectivity index (χ2v) is 6.78. The minimum absolute atomic E-state index is 0.0726. The maximum Gasteiger partial charge on any atom is 0.300 e. The largest absolute Gasteiger partial charge is 0.300 e. The first-order valence-corrected chi connectivity index (χ1v) is 9.14. The molecule has 1 heterocycles. The van der Waals surface area contributed by atoms with Gasteiger partial charge >= 0.3 is 0 Å². The predicted octanol–water partition coefficient (Wildman–Crippen LogP) is 3.97. The van der Waals surface area contributed by atoms with Crippen LogP contribution in [0.4, 0.5) is 0 Å². The molecule has 0 spiro atoms. The van der Waals surface area contributed by atoms with E-state index in [0.29, 0.717) is 11.3 Å². The van der Waals surface area contributed by atoms with Crippen molar-refractivity contribution in [3.8, 4) is 0 Å². The van der Waals surface area contributed by atoms with Crippen LogP contribution < -0.4 is 0 Å². The molecule has 0 aliphatic carbocycles. The van der Waals surface area contributed by atoms with Crippen LogP contribution in [0.5, 0.6) is 0 Å². The highest BCUT2D eigenvalue weighted by atomic mass is 32.2. The molecule has 0 fully saturated rings. The van der Waals surface area contributed by atoms with Crippen LogP contribution in [-0.2, 0) is 10.0 Å². The summed E-state index contributed by atoms with van der Waals surface area (Å²) in [6.45, 7) is 0. The third kappa shape index (κ3) is 4.49. The molecule has 0 radical (unpaired) electrons. The lowest BCUT2D eigenvalue weighted by Gasteiger charge is -2.03. The van der Waals surface area contributed by atoms with Crippen LogP contribution in [0.3, 0.4) is 0 Å². The fourth-order valence-electron chi connectivity index (χ4n) is 2.20. The topological polar surface area (TPSA) is 59.4 Å². The van der Waals surface area contributed by atoms with Gasteiger partial charge in [-0.05, 0) is 23.8 Å². The number of hydrogen-bond donors (Lipinski definition) is 0. The number of hydrogen-bond acceptors (Lipinski definition) is 3. The second kappa shape index (κ2) is 7.68. The van der Waals surface area contributed by atoms with Crippen molar-refractivity contribution in [1.29, 1.82) is 0 Å². The van der Waals surface area contributed by atoms with Gasteiger partial charge in [0, 0.05) is 11.8 Å². The zero-order chi connectivity index (χ0) is 17.5. The van der Waals surface area contributed by atoms with Crippen LogP contribution in [-0.4, -0.2) is 19.1 Å². The number of aromatic nitrogens is 1. The van der Waals surface area contributed by atoms with Gasteiger partial charge in [-0.2, -0.15) is 12.8 Å². The normalized spacial score (nSPS) is 12.4. The van der Waals surface area contributed by atoms with E-state index in [1.54, 1.807) is 18.2 Å². The van der Waals surface area contributed by atoms with Crippen LogP contribution in [0.1, 0.15) is 11.1 Å². The lowest BCUT2D eigenvalue weighted by molar-refractivity contribution is 0.594. The molecule has 2 aromatic carbocycles. The second-order valence-electron chi connectivity index (χ2n) is 5.23. The lowest BCUT2D eigenvalue weighted by atomic mass is 10.1. The summed E-state index contributed by atoms with van der Waals surface area (Å²) in [5.74, 6) is 0. The van der Waals surface area contributed by atoms with Gasteiger partial charge in [-0.1, -0.05) is 72.8 Å². The summed E-state index contributed by atoms with van der Waals surface area (Å²) in [6.07, 6.45) is 4.97. The van der Waals surface area contributed by atoms with Crippen molar-refractivity contribution in [2.24, 2.45) is 4.40 Å².